The van der Waals surface area contributed by atoms with Crippen molar-refractivity contribution in [3.05, 3.63) is 28.5 Å². The predicted molar refractivity (Wildman–Crippen MR) is 133 cm³/mol. The van der Waals surface area contributed by atoms with E-state index in [9.17, 15) is 37.0 Å². The lowest BCUT2D eigenvalue weighted by Crippen LogP contribution is -2.54. The van der Waals surface area contributed by atoms with Crippen molar-refractivity contribution < 1.29 is 41.7 Å². The Labute approximate surface area is 227 Å². The Morgan fingerprint density at radius 3 is 2.56 bits per heavy atom. The molecule has 3 N–H and O–H groups in total. The Kier molecular flexibility index (Phi) is 9.18. The maximum absolute atomic E-state index is 13.4. The van der Waals surface area contributed by atoms with Crippen molar-refractivity contribution in [1.82, 2.24) is 20.1 Å². The van der Waals surface area contributed by atoms with Crippen molar-refractivity contribution in [2.45, 2.75) is 84.4 Å². The van der Waals surface area contributed by atoms with E-state index in [4.69, 9.17) is 11.6 Å². The molecule has 1 amide bonds. The molecule has 39 heavy (non-hydrogen) atoms. The van der Waals surface area contributed by atoms with Gasteiger partial charge in [0, 0.05) is 25.2 Å². The van der Waals surface area contributed by atoms with Crippen molar-refractivity contribution in [2.75, 3.05) is 6.54 Å². The third-order valence-corrected chi connectivity index (χ3v) is 7.40. The Balaban J connectivity index is 1.94. The van der Waals surface area contributed by atoms with Crippen LogP contribution in [0.3, 0.4) is 0 Å². The van der Waals surface area contributed by atoms with E-state index in [1.54, 1.807) is 6.92 Å². The number of aryl methyl sites for hydroxylation is 1. The molecule has 3 rings (SSSR count). The Bertz CT molecular complexity index is 1190. The zero-order chi connectivity index (χ0) is 29.3. The van der Waals surface area contributed by atoms with Crippen LogP contribution >= 0.6 is 11.6 Å². The van der Waals surface area contributed by atoms with Gasteiger partial charge in [-0.1, -0.05) is 32.4 Å². The standard InChI is InChI=1S/C25H32ClF5N4O4/c1-5-35-19(15-7-6-14(33-21(15)39-22(27)28)11-23(3,4)25(29,30)31)17(26)18(34-35)20(37)32-12-24(38)9-8-13(2)10-16(24)36/h6-7,13,16,22,36,38H,5,8-12H2,1-4H3,(H,32,37)/t13-,16-,24-/m1/s1. The third-order valence-electron chi connectivity index (χ3n) is 7.04. The Hall–Kier alpha value is -2.51. The lowest BCUT2D eigenvalue weighted by Gasteiger charge is -2.39. The van der Waals surface area contributed by atoms with Crippen LogP contribution in [0.15, 0.2) is 12.1 Å². The van der Waals surface area contributed by atoms with Gasteiger partial charge in [-0.05, 0) is 44.2 Å². The van der Waals surface area contributed by atoms with E-state index in [2.05, 4.69) is 20.1 Å². The van der Waals surface area contributed by atoms with Crippen LogP contribution in [-0.2, 0) is 13.0 Å². The minimum Gasteiger partial charge on any atom is -0.416 e. The maximum Gasteiger partial charge on any atom is 0.394 e. The first-order valence-electron chi connectivity index (χ1n) is 12.5. The van der Waals surface area contributed by atoms with E-state index in [0.717, 1.165) is 13.8 Å². The summed E-state index contributed by atoms with van der Waals surface area (Å²) in [5, 5.41) is 27.6. The molecule has 0 bridgehead atoms. The molecule has 14 heteroatoms. The minimum atomic E-state index is -4.57. The van der Waals surface area contributed by atoms with Gasteiger partial charge in [-0.25, -0.2) is 4.98 Å². The highest BCUT2D eigenvalue weighted by Gasteiger charge is 2.47. The van der Waals surface area contributed by atoms with Crippen molar-refractivity contribution >= 4 is 17.5 Å². The summed E-state index contributed by atoms with van der Waals surface area (Å²) in [7, 11) is 0. The fourth-order valence-corrected chi connectivity index (χ4v) is 4.78. The highest BCUT2D eigenvalue weighted by Crippen LogP contribution is 2.42. The van der Waals surface area contributed by atoms with Crippen molar-refractivity contribution in [1.29, 1.82) is 0 Å². The number of pyridine rings is 1. The number of carbonyl (C=O) groups is 1. The number of ether oxygens (including phenoxy) is 1. The van der Waals surface area contributed by atoms with Crippen LogP contribution in [0.25, 0.3) is 11.3 Å². The molecule has 0 unspecified atom stereocenters. The lowest BCUT2D eigenvalue weighted by molar-refractivity contribution is -0.211. The first-order valence-corrected chi connectivity index (χ1v) is 12.8. The van der Waals surface area contributed by atoms with E-state index in [1.807, 2.05) is 6.92 Å². The molecule has 1 aliphatic rings. The van der Waals surface area contributed by atoms with E-state index in [0.29, 0.717) is 12.8 Å². The lowest BCUT2D eigenvalue weighted by atomic mass is 9.77. The number of amides is 1. The SMILES string of the molecule is CCn1nc(C(=O)NC[C@]2(O)CC[C@@H](C)C[C@H]2O)c(Cl)c1-c1ccc(CC(C)(C)C(F)(F)F)nc1OC(F)F. The van der Waals surface area contributed by atoms with E-state index >= 15 is 0 Å². The van der Waals surface area contributed by atoms with Gasteiger partial charge >= 0.3 is 12.8 Å². The molecular weight excluding hydrogens is 551 g/mol. The topological polar surface area (TPSA) is 110 Å². The second-order valence-electron chi connectivity index (χ2n) is 10.6. The first-order chi connectivity index (χ1) is 18.0. The average Bonchev–Trinajstić information content (AvgIpc) is 3.15. The maximum atomic E-state index is 13.4. The zero-order valence-electron chi connectivity index (χ0n) is 21.9. The highest BCUT2D eigenvalue weighted by atomic mass is 35.5. The van der Waals surface area contributed by atoms with Gasteiger partial charge in [-0.2, -0.15) is 27.1 Å². The van der Waals surface area contributed by atoms with E-state index in [1.165, 1.54) is 16.8 Å². The number of aliphatic hydroxyl groups excluding tert-OH is 1. The number of alkyl halides is 5. The number of carbonyl (C=O) groups excluding carboxylic acids is 1. The molecule has 0 radical (unpaired) electrons. The number of aromatic nitrogens is 3. The van der Waals surface area contributed by atoms with Crippen LogP contribution in [0.5, 0.6) is 5.88 Å². The number of hydrogen-bond acceptors (Lipinski definition) is 6. The number of halogens is 6. The van der Waals surface area contributed by atoms with Crippen LogP contribution in [0.4, 0.5) is 22.0 Å². The monoisotopic (exact) mass is 582 g/mol. The molecule has 0 spiro atoms. The zero-order valence-corrected chi connectivity index (χ0v) is 22.7. The normalized spacial score (nSPS) is 22.3. The summed E-state index contributed by atoms with van der Waals surface area (Å²) in [4.78, 5) is 16.9. The molecule has 1 saturated carbocycles. The molecule has 8 nitrogen and oxygen atoms in total. The minimum absolute atomic E-state index is 0.000615. The van der Waals surface area contributed by atoms with Crippen LogP contribution in [0, 0.1) is 11.3 Å². The van der Waals surface area contributed by atoms with Crippen LogP contribution < -0.4 is 10.1 Å². The number of nitrogens with one attached hydrogen (secondary N) is 1. The number of nitrogens with zero attached hydrogens (tertiary/aromatic N) is 3. The molecule has 0 aliphatic heterocycles. The average molecular weight is 583 g/mol. The van der Waals surface area contributed by atoms with Gasteiger partial charge in [-0.3, -0.25) is 9.48 Å². The number of rotatable bonds is 9. The fourth-order valence-electron chi connectivity index (χ4n) is 4.46. The Morgan fingerprint density at radius 1 is 1.33 bits per heavy atom. The molecule has 1 fully saturated rings. The van der Waals surface area contributed by atoms with Gasteiger partial charge in [-0.15, -0.1) is 0 Å². The number of hydrogen-bond donors (Lipinski definition) is 3. The molecule has 2 aromatic heterocycles. The molecular formula is C25H32ClF5N4O4. The summed E-state index contributed by atoms with van der Waals surface area (Å²) in [5.41, 5.74) is -4.24. The van der Waals surface area contributed by atoms with Gasteiger partial charge in [0.15, 0.2) is 5.69 Å². The summed E-state index contributed by atoms with van der Waals surface area (Å²) in [6.07, 6.45) is -4.90. The molecule has 0 aromatic carbocycles. The molecule has 2 heterocycles. The smallest absolute Gasteiger partial charge is 0.394 e. The second-order valence-corrected chi connectivity index (χ2v) is 11.0. The van der Waals surface area contributed by atoms with Crippen molar-refractivity contribution in [2.24, 2.45) is 11.3 Å². The van der Waals surface area contributed by atoms with Gasteiger partial charge in [0.2, 0.25) is 5.88 Å². The van der Waals surface area contributed by atoms with E-state index < -0.39 is 48.1 Å². The summed E-state index contributed by atoms with van der Waals surface area (Å²) in [6.45, 7) is 2.06. The largest absolute Gasteiger partial charge is 0.416 e. The molecule has 3 atom stereocenters. The first kappa shape index (κ1) is 31.0. The van der Waals surface area contributed by atoms with Gasteiger partial charge in [0.05, 0.1) is 27.8 Å². The van der Waals surface area contributed by atoms with Gasteiger partial charge in [0.1, 0.15) is 5.60 Å². The molecule has 218 valence electrons. The highest BCUT2D eigenvalue weighted by molar-refractivity contribution is 6.36. The molecule has 0 saturated heterocycles. The quantitative estimate of drug-likeness (QED) is 0.359. The molecule has 1 aliphatic carbocycles. The fraction of sp³-hybridized carbons (Fsp3) is 0.640. The van der Waals surface area contributed by atoms with Crippen LogP contribution in [0.1, 0.15) is 63.1 Å². The summed E-state index contributed by atoms with van der Waals surface area (Å²) in [5.74, 6) is -1.23. The summed E-state index contributed by atoms with van der Waals surface area (Å²) in [6, 6.07) is 2.48. The van der Waals surface area contributed by atoms with Gasteiger partial charge < -0.3 is 20.3 Å². The Morgan fingerprint density at radius 2 is 2.00 bits per heavy atom. The predicted octanol–water partition coefficient (Wildman–Crippen LogP) is 4.99. The van der Waals surface area contributed by atoms with Crippen molar-refractivity contribution in [3.63, 3.8) is 0 Å². The second kappa shape index (κ2) is 11.5. The van der Waals surface area contributed by atoms with E-state index in [-0.39, 0.29) is 53.1 Å². The summed E-state index contributed by atoms with van der Waals surface area (Å²) < 4.78 is 72.4. The van der Waals surface area contributed by atoms with Crippen molar-refractivity contribution in [3.8, 4) is 17.1 Å². The third kappa shape index (κ3) is 6.80. The number of aliphatic hydroxyl groups is 2. The van der Waals surface area contributed by atoms with Crippen LogP contribution in [-0.4, -0.2) is 61.9 Å². The van der Waals surface area contributed by atoms with Gasteiger partial charge in [0.25, 0.3) is 5.91 Å². The summed E-state index contributed by atoms with van der Waals surface area (Å²) >= 11 is 6.48. The molecule has 2 aromatic rings. The van der Waals surface area contributed by atoms with Crippen LogP contribution in [0.2, 0.25) is 5.02 Å².